The average molecular weight is 367 g/mol. The maximum absolute atomic E-state index is 4.72. The van der Waals surface area contributed by atoms with E-state index in [0.717, 1.165) is 68.6 Å². The maximum atomic E-state index is 4.72. The molecule has 0 aliphatic carbocycles. The van der Waals surface area contributed by atoms with Gasteiger partial charge in [0.25, 0.3) is 0 Å². The van der Waals surface area contributed by atoms with Crippen molar-refractivity contribution in [1.29, 1.82) is 0 Å². The minimum atomic E-state index is 0.317. The zero-order valence-corrected chi connectivity index (χ0v) is 15.5. The average Bonchev–Trinajstić information content (AvgIpc) is 3.32. The molecular formula is C18H25N9. The van der Waals surface area contributed by atoms with Gasteiger partial charge in [0.1, 0.15) is 18.0 Å². The molecule has 9 heteroatoms. The van der Waals surface area contributed by atoms with Gasteiger partial charge in [-0.3, -0.25) is 9.39 Å². The van der Waals surface area contributed by atoms with Crippen LogP contribution in [0.25, 0.3) is 5.65 Å². The molecule has 0 radical (unpaired) electrons. The second-order valence-corrected chi connectivity index (χ2v) is 6.65. The molecule has 0 bridgehead atoms. The van der Waals surface area contributed by atoms with Crippen LogP contribution in [0, 0.1) is 0 Å². The van der Waals surface area contributed by atoms with Crippen molar-refractivity contribution in [1.82, 2.24) is 40.0 Å². The van der Waals surface area contributed by atoms with E-state index < -0.39 is 0 Å². The van der Waals surface area contributed by atoms with Gasteiger partial charge in [0, 0.05) is 38.2 Å². The Hall–Kier alpha value is -2.97. The molecule has 1 aliphatic heterocycles. The smallest absolute Gasteiger partial charge is 0.191 e. The Morgan fingerprint density at radius 1 is 1.33 bits per heavy atom. The summed E-state index contributed by atoms with van der Waals surface area (Å²) in [5.41, 5.74) is 0.885. The Kier molecular flexibility index (Phi) is 5.27. The predicted molar refractivity (Wildman–Crippen MR) is 103 cm³/mol. The first-order valence-electron chi connectivity index (χ1n) is 9.53. The molecule has 3 aromatic heterocycles. The van der Waals surface area contributed by atoms with Gasteiger partial charge in [-0.15, -0.1) is 10.2 Å². The summed E-state index contributed by atoms with van der Waals surface area (Å²) in [7, 11) is 0. The van der Waals surface area contributed by atoms with E-state index in [1.165, 1.54) is 0 Å². The maximum Gasteiger partial charge on any atom is 0.191 e. The molecule has 0 aromatic carbocycles. The first-order chi connectivity index (χ1) is 13.3. The van der Waals surface area contributed by atoms with E-state index in [1.54, 1.807) is 6.33 Å². The van der Waals surface area contributed by atoms with Crippen molar-refractivity contribution in [3.05, 3.63) is 42.4 Å². The molecule has 0 fully saturated rings. The highest BCUT2D eigenvalue weighted by Gasteiger charge is 2.20. The summed E-state index contributed by atoms with van der Waals surface area (Å²) in [5, 5.41) is 19.6. The summed E-state index contributed by atoms with van der Waals surface area (Å²) in [6.45, 7) is 4.47. The SMILES string of the molecule is CCNC(=NCCCc1nnc2ccccn12)NC1CCc2ncnn2C1. The van der Waals surface area contributed by atoms with E-state index in [9.17, 15) is 0 Å². The van der Waals surface area contributed by atoms with Crippen LogP contribution in [-0.4, -0.2) is 54.5 Å². The monoisotopic (exact) mass is 367 g/mol. The van der Waals surface area contributed by atoms with Gasteiger partial charge in [0.05, 0.1) is 6.54 Å². The molecule has 0 saturated carbocycles. The van der Waals surface area contributed by atoms with Crippen molar-refractivity contribution in [2.75, 3.05) is 13.1 Å². The van der Waals surface area contributed by atoms with Crippen LogP contribution < -0.4 is 10.6 Å². The van der Waals surface area contributed by atoms with E-state index in [1.807, 2.05) is 33.5 Å². The lowest BCUT2D eigenvalue weighted by Crippen LogP contribution is -2.47. The van der Waals surface area contributed by atoms with Crippen molar-refractivity contribution < 1.29 is 0 Å². The Bertz CT molecular complexity index is 910. The molecule has 0 saturated heterocycles. The van der Waals surface area contributed by atoms with E-state index >= 15 is 0 Å². The molecule has 1 aliphatic rings. The molecule has 1 unspecified atom stereocenters. The van der Waals surface area contributed by atoms with Crippen molar-refractivity contribution in [2.45, 2.75) is 45.2 Å². The molecule has 142 valence electrons. The number of aromatic nitrogens is 6. The van der Waals surface area contributed by atoms with Crippen LogP contribution in [0.2, 0.25) is 0 Å². The van der Waals surface area contributed by atoms with Crippen molar-refractivity contribution in [2.24, 2.45) is 4.99 Å². The van der Waals surface area contributed by atoms with E-state index in [4.69, 9.17) is 4.99 Å². The number of pyridine rings is 1. The minimum absolute atomic E-state index is 0.317. The lowest BCUT2D eigenvalue weighted by atomic mass is 10.1. The zero-order chi connectivity index (χ0) is 18.5. The molecule has 0 amide bonds. The van der Waals surface area contributed by atoms with Crippen LogP contribution in [0.15, 0.2) is 35.7 Å². The molecule has 27 heavy (non-hydrogen) atoms. The Morgan fingerprint density at radius 2 is 2.30 bits per heavy atom. The highest BCUT2D eigenvalue weighted by atomic mass is 15.4. The quantitative estimate of drug-likeness (QED) is 0.380. The lowest BCUT2D eigenvalue weighted by Gasteiger charge is -2.25. The highest BCUT2D eigenvalue weighted by molar-refractivity contribution is 5.80. The van der Waals surface area contributed by atoms with Crippen LogP contribution >= 0.6 is 0 Å². The second kappa shape index (κ2) is 8.15. The molecule has 2 N–H and O–H groups in total. The van der Waals surface area contributed by atoms with Gasteiger partial charge < -0.3 is 10.6 Å². The van der Waals surface area contributed by atoms with Gasteiger partial charge >= 0.3 is 0 Å². The fourth-order valence-corrected chi connectivity index (χ4v) is 3.36. The topological polar surface area (TPSA) is 97.3 Å². The number of hydrogen-bond acceptors (Lipinski definition) is 5. The third kappa shape index (κ3) is 4.07. The number of nitrogens with one attached hydrogen (secondary N) is 2. The first-order valence-corrected chi connectivity index (χ1v) is 9.53. The largest absolute Gasteiger partial charge is 0.357 e. The third-order valence-corrected chi connectivity index (χ3v) is 4.70. The molecule has 4 heterocycles. The summed E-state index contributed by atoms with van der Waals surface area (Å²) in [4.78, 5) is 9.00. The molecule has 1 atom stereocenters. The molecule has 4 rings (SSSR count). The summed E-state index contributed by atoms with van der Waals surface area (Å²) in [6.07, 6.45) is 7.38. The lowest BCUT2D eigenvalue weighted by molar-refractivity contribution is 0.392. The van der Waals surface area contributed by atoms with E-state index in [-0.39, 0.29) is 0 Å². The first kappa shape index (κ1) is 17.4. The van der Waals surface area contributed by atoms with Gasteiger partial charge in [-0.2, -0.15) is 5.10 Å². The summed E-state index contributed by atoms with van der Waals surface area (Å²) in [5.74, 6) is 2.90. The molecule has 0 spiro atoms. The van der Waals surface area contributed by atoms with Crippen LogP contribution in [0.3, 0.4) is 0 Å². The predicted octanol–water partition coefficient (Wildman–Crippen LogP) is 0.824. The minimum Gasteiger partial charge on any atom is -0.357 e. The standard InChI is InChI=1S/C18H25N9/c1-2-19-18(23-14-8-9-15-21-13-22-27(15)12-14)20-10-5-7-17-25-24-16-6-3-4-11-26(16)17/h3-4,6,11,13-14H,2,5,7-10,12H2,1H3,(H2,19,20,23). The van der Waals surface area contributed by atoms with E-state index in [2.05, 4.69) is 37.8 Å². The Morgan fingerprint density at radius 3 is 3.22 bits per heavy atom. The van der Waals surface area contributed by atoms with Crippen LogP contribution in [0.1, 0.15) is 31.4 Å². The van der Waals surface area contributed by atoms with E-state index in [0.29, 0.717) is 6.04 Å². The summed E-state index contributed by atoms with van der Waals surface area (Å²) in [6, 6.07) is 6.25. The molecular weight excluding hydrogens is 342 g/mol. The van der Waals surface area contributed by atoms with Crippen LogP contribution in [-0.2, 0) is 19.4 Å². The molecule has 9 nitrogen and oxygen atoms in total. The van der Waals surface area contributed by atoms with Gasteiger partial charge in [0.2, 0.25) is 0 Å². The zero-order valence-electron chi connectivity index (χ0n) is 15.5. The number of nitrogens with zero attached hydrogens (tertiary/aromatic N) is 7. The van der Waals surface area contributed by atoms with Gasteiger partial charge in [-0.25, -0.2) is 9.67 Å². The Balaban J connectivity index is 1.31. The number of hydrogen-bond donors (Lipinski definition) is 2. The number of rotatable bonds is 6. The summed E-state index contributed by atoms with van der Waals surface area (Å²) >= 11 is 0. The van der Waals surface area contributed by atoms with Gasteiger partial charge in [-0.05, 0) is 31.9 Å². The van der Waals surface area contributed by atoms with Gasteiger partial charge in [0.15, 0.2) is 11.6 Å². The number of fused-ring (bicyclic) bond motifs is 2. The van der Waals surface area contributed by atoms with Crippen LogP contribution in [0.5, 0.6) is 0 Å². The summed E-state index contributed by atoms with van der Waals surface area (Å²) < 4.78 is 4.01. The number of aliphatic imine (C=N–C) groups is 1. The third-order valence-electron chi connectivity index (χ3n) is 4.70. The number of guanidine groups is 1. The normalized spacial score (nSPS) is 17.1. The fourth-order valence-electron chi connectivity index (χ4n) is 3.36. The van der Waals surface area contributed by atoms with Gasteiger partial charge in [-0.1, -0.05) is 6.07 Å². The molecule has 3 aromatic rings. The van der Waals surface area contributed by atoms with Crippen molar-refractivity contribution in [3.63, 3.8) is 0 Å². The fraction of sp³-hybridized carbons (Fsp3) is 0.500. The second-order valence-electron chi connectivity index (χ2n) is 6.65. The van der Waals surface area contributed by atoms with Crippen molar-refractivity contribution >= 4 is 11.6 Å². The van der Waals surface area contributed by atoms with Crippen LogP contribution in [0.4, 0.5) is 0 Å². The van der Waals surface area contributed by atoms with Crippen molar-refractivity contribution in [3.8, 4) is 0 Å². The number of aryl methyl sites for hydroxylation is 2. The highest BCUT2D eigenvalue weighted by Crippen LogP contribution is 2.11. The Labute approximate surface area is 157 Å².